The lowest BCUT2D eigenvalue weighted by molar-refractivity contribution is 0.598. The van der Waals surface area contributed by atoms with Crippen molar-refractivity contribution in [2.45, 2.75) is 33.1 Å². The van der Waals surface area contributed by atoms with Gasteiger partial charge in [-0.2, -0.15) is 0 Å². The maximum atomic E-state index is 11.6. The number of sulfone groups is 1. The minimum absolute atomic E-state index is 0.283. The Kier molecular flexibility index (Phi) is 3.31. The molecule has 0 saturated carbocycles. The highest BCUT2D eigenvalue weighted by Crippen LogP contribution is 2.22. The van der Waals surface area contributed by atoms with Crippen LogP contribution in [0.25, 0.3) is 0 Å². The van der Waals surface area contributed by atoms with E-state index in [9.17, 15) is 8.42 Å². The Morgan fingerprint density at radius 3 is 2.46 bits per heavy atom. The summed E-state index contributed by atoms with van der Waals surface area (Å²) in [5, 5.41) is 0. The van der Waals surface area contributed by atoms with Crippen molar-refractivity contribution in [3.63, 3.8) is 0 Å². The summed E-state index contributed by atoms with van der Waals surface area (Å²) in [5.74, 6) is 0.283. The quantitative estimate of drug-likeness (QED) is 0.701. The standard InChI is InChI=1S/C10H16O2S/c1-3-8-13(11,12)10-6-4-9(2)5-7-10/h4,6H,3,5,7-8H2,1-2H3. The first-order valence-electron chi connectivity index (χ1n) is 4.65. The summed E-state index contributed by atoms with van der Waals surface area (Å²) in [7, 11) is -2.94. The van der Waals surface area contributed by atoms with Crippen molar-refractivity contribution in [2.75, 3.05) is 5.75 Å². The predicted molar refractivity (Wildman–Crippen MR) is 55.2 cm³/mol. The minimum Gasteiger partial charge on any atom is -0.224 e. The fourth-order valence-corrected chi connectivity index (χ4v) is 2.87. The van der Waals surface area contributed by atoms with Gasteiger partial charge in [-0.25, -0.2) is 8.42 Å². The first-order valence-corrected chi connectivity index (χ1v) is 6.30. The highest BCUT2D eigenvalue weighted by molar-refractivity contribution is 7.95. The van der Waals surface area contributed by atoms with Gasteiger partial charge in [0, 0.05) is 4.91 Å². The van der Waals surface area contributed by atoms with Crippen LogP contribution in [-0.2, 0) is 9.84 Å². The number of allylic oxidation sites excluding steroid dienone is 4. The van der Waals surface area contributed by atoms with Crippen LogP contribution in [0.1, 0.15) is 33.1 Å². The Labute approximate surface area is 80.3 Å². The first-order chi connectivity index (χ1) is 6.06. The molecule has 3 heteroatoms. The number of rotatable bonds is 3. The highest BCUT2D eigenvalue weighted by Gasteiger charge is 2.17. The van der Waals surface area contributed by atoms with Crippen LogP contribution in [0, 0.1) is 0 Å². The monoisotopic (exact) mass is 200 g/mol. The molecule has 0 aromatic rings. The molecule has 13 heavy (non-hydrogen) atoms. The summed E-state index contributed by atoms with van der Waals surface area (Å²) >= 11 is 0. The van der Waals surface area contributed by atoms with Crippen molar-refractivity contribution in [1.29, 1.82) is 0 Å². The van der Waals surface area contributed by atoms with E-state index in [-0.39, 0.29) is 5.75 Å². The molecule has 0 aliphatic heterocycles. The molecule has 0 spiro atoms. The van der Waals surface area contributed by atoms with Crippen LogP contribution in [-0.4, -0.2) is 14.2 Å². The maximum Gasteiger partial charge on any atom is 0.174 e. The molecule has 0 aromatic heterocycles. The van der Waals surface area contributed by atoms with Crippen molar-refractivity contribution in [3.05, 3.63) is 22.6 Å². The normalized spacial score (nSPS) is 18.0. The van der Waals surface area contributed by atoms with Crippen LogP contribution in [0.5, 0.6) is 0 Å². The minimum atomic E-state index is -2.94. The second-order valence-corrected chi connectivity index (χ2v) is 5.63. The average Bonchev–Trinajstić information content (AvgIpc) is 2.05. The van der Waals surface area contributed by atoms with Gasteiger partial charge in [-0.3, -0.25) is 0 Å². The summed E-state index contributed by atoms with van der Waals surface area (Å²) in [4.78, 5) is 0.611. The van der Waals surface area contributed by atoms with E-state index in [0.29, 0.717) is 17.7 Å². The van der Waals surface area contributed by atoms with E-state index < -0.39 is 9.84 Å². The summed E-state index contributed by atoms with van der Waals surface area (Å²) < 4.78 is 23.2. The predicted octanol–water partition coefficient (Wildman–Crippen LogP) is 2.44. The molecule has 74 valence electrons. The lowest BCUT2D eigenvalue weighted by atomic mass is 10.1. The van der Waals surface area contributed by atoms with Gasteiger partial charge in [0.1, 0.15) is 0 Å². The maximum absolute atomic E-state index is 11.6. The summed E-state index contributed by atoms with van der Waals surface area (Å²) in [6.07, 6.45) is 5.93. The zero-order valence-corrected chi connectivity index (χ0v) is 9.02. The van der Waals surface area contributed by atoms with Gasteiger partial charge in [-0.1, -0.05) is 18.6 Å². The van der Waals surface area contributed by atoms with Gasteiger partial charge in [0.15, 0.2) is 9.84 Å². The first kappa shape index (κ1) is 10.5. The molecule has 0 radical (unpaired) electrons. The van der Waals surface area contributed by atoms with Crippen LogP contribution >= 0.6 is 0 Å². The molecular weight excluding hydrogens is 184 g/mol. The van der Waals surface area contributed by atoms with Crippen LogP contribution in [0.3, 0.4) is 0 Å². The topological polar surface area (TPSA) is 34.1 Å². The van der Waals surface area contributed by atoms with Gasteiger partial charge in [-0.15, -0.1) is 0 Å². The second-order valence-electron chi connectivity index (χ2n) is 3.46. The Morgan fingerprint density at radius 1 is 1.31 bits per heavy atom. The smallest absolute Gasteiger partial charge is 0.174 e. The second kappa shape index (κ2) is 4.09. The molecule has 0 fully saturated rings. The SMILES string of the molecule is CCCS(=O)(=O)C1=CC=C(C)CC1. The Morgan fingerprint density at radius 2 is 2.00 bits per heavy atom. The molecule has 0 saturated heterocycles. The number of hydrogen-bond donors (Lipinski definition) is 0. The van der Waals surface area contributed by atoms with Crippen LogP contribution in [0.2, 0.25) is 0 Å². The summed E-state index contributed by atoms with van der Waals surface area (Å²) in [5.41, 5.74) is 1.26. The van der Waals surface area contributed by atoms with Crippen molar-refractivity contribution in [1.82, 2.24) is 0 Å². The van der Waals surface area contributed by atoms with Gasteiger partial charge < -0.3 is 0 Å². The lowest BCUT2D eigenvalue weighted by Gasteiger charge is -2.11. The molecule has 0 unspecified atom stereocenters. The van der Waals surface area contributed by atoms with Crippen molar-refractivity contribution in [3.8, 4) is 0 Å². The van der Waals surface area contributed by atoms with Crippen molar-refractivity contribution < 1.29 is 8.42 Å². The van der Waals surface area contributed by atoms with E-state index in [1.807, 2.05) is 19.9 Å². The fourth-order valence-electron chi connectivity index (χ4n) is 1.38. The zero-order chi connectivity index (χ0) is 9.90. The van der Waals surface area contributed by atoms with E-state index >= 15 is 0 Å². The third kappa shape index (κ3) is 2.69. The van der Waals surface area contributed by atoms with Gasteiger partial charge in [0.05, 0.1) is 5.75 Å². The zero-order valence-electron chi connectivity index (χ0n) is 8.21. The molecule has 1 aliphatic rings. The molecule has 0 atom stereocenters. The van der Waals surface area contributed by atoms with Crippen LogP contribution in [0.4, 0.5) is 0 Å². The fraction of sp³-hybridized carbons (Fsp3) is 0.600. The van der Waals surface area contributed by atoms with E-state index in [2.05, 4.69) is 0 Å². The molecule has 1 rings (SSSR count). The third-order valence-corrected chi connectivity index (χ3v) is 4.28. The Bertz CT molecular complexity index is 334. The van der Waals surface area contributed by atoms with E-state index in [4.69, 9.17) is 0 Å². The molecular formula is C10H16O2S. The van der Waals surface area contributed by atoms with E-state index in [0.717, 1.165) is 6.42 Å². The van der Waals surface area contributed by atoms with E-state index in [1.54, 1.807) is 6.08 Å². The van der Waals surface area contributed by atoms with Gasteiger partial charge >= 0.3 is 0 Å². The highest BCUT2D eigenvalue weighted by atomic mass is 32.2. The van der Waals surface area contributed by atoms with Crippen molar-refractivity contribution >= 4 is 9.84 Å². The molecule has 0 amide bonds. The molecule has 2 nitrogen and oxygen atoms in total. The Hall–Kier alpha value is -0.570. The molecule has 0 N–H and O–H groups in total. The molecule has 0 heterocycles. The molecule has 0 bridgehead atoms. The van der Waals surface area contributed by atoms with Gasteiger partial charge in [0.2, 0.25) is 0 Å². The lowest BCUT2D eigenvalue weighted by Crippen LogP contribution is -2.10. The largest absolute Gasteiger partial charge is 0.224 e. The van der Waals surface area contributed by atoms with Gasteiger partial charge in [0.25, 0.3) is 0 Å². The van der Waals surface area contributed by atoms with Crippen LogP contribution in [0.15, 0.2) is 22.6 Å². The van der Waals surface area contributed by atoms with Crippen LogP contribution < -0.4 is 0 Å². The average molecular weight is 200 g/mol. The molecule has 0 aromatic carbocycles. The number of hydrogen-bond acceptors (Lipinski definition) is 2. The molecule has 1 aliphatic carbocycles. The summed E-state index contributed by atoms with van der Waals surface area (Å²) in [6.45, 7) is 3.92. The Balaban J connectivity index is 2.85. The van der Waals surface area contributed by atoms with E-state index in [1.165, 1.54) is 5.57 Å². The van der Waals surface area contributed by atoms with Gasteiger partial charge in [-0.05, 0) is 32.3 Å². The summed E-state index contributed by atoms with van der Waals surface area (Å²) in [6, 6.07) is 0. The third-order valence-electron chi connectivity index (χ3n) is 2.19. The van der Waals surface area contributed by atoms with Crippen molar-refractivity contribution in [2.24, 2.45) is 0 Å².